The number of hydrogen-bond donors (Lipinski definition) is 2. The Kier molecular flexibility index (Phi) is 12.2. The zero-order valence-corrected chi connectivity index (χ0v) is 26.3. The van der Waals surface area contributed by atoms with E-state index in [0.717, 1.165) is 58.4 Å². The molecule has 0 fully saturated rings. The van der Waals surface area contributed by atoms with Crippen LogP contribution in [0.5, 0.6) is 0 Å². The molecule has 3 aliphatic rings. The zero-order chi connectivity index (χ0) is 28.6. The van der Waals surface area contributed by atoms with Crippen LogP contribution in [0.4, 0.5) is 0 Å². The van der Waals surface area contributed by atoms with Crippen molar-refractivity contribution in [1.82, 2.24) is 20.4 Å². The number of fused-ring (bicyclic) bond motifs is 1. The second-order valence-electron chi connectivity index (χ2n) is 12.8. The van der Waals surface area contributed by atoms with E-state index in [9.17, 15) is 0 Å². The van der Waals surface area contributed by atoms with Gasteiger partial charge in [0.05, 0.1) is 12.2 Å². The van der Waals surface area contributed by atoms with Gasteiger partial charge in [0.25, 0.3) is 0 Å². The van der Waals surface area contributed by atoms with Crippen molar-refractivity contribution < 1.29 is 9.47 Å². The lowest BCUT2D eigenvalue weighted by atomic mass is 9.77. The fourth-order valence-electron chi connectivity index (χ4n) is 5.83. The first-order valence-corrected chi connectivity index (χ1v) is 14.9. The quantitative estimate of drug-likeness (QED) is 0.251. The summed E-state index contributed by atoms with van der Waals surface area (Å²) in [6.45, 7) is 15.9. The van der Waals surface area contributed by atoms with Crippen molar-refractivity contribution in [3.05, 3.63) is 58.2 Å². The Labute approximate surface area is 239 Å². The minimum absolute atomic E-state index is 0.0121. The van der Waals surface area contributed by atoms with Crippen LogP contribution in [0.1, 0.15) is 60.3 Å². The van der Waals surface area contributed by atoms with Gasteiger partial charge in [-0.05, 0) is 106 Å². The number of allylic oxidation sites excluding steroid dienone is 3. The molecular weight excluding hydrogens is 484 g/mol. The molecule has 0 saturated carbocycles. The van der Waals surface area contributed by atoms with Crippen molar-refractivity contribution in [1.29, 1.82) is 0 Å². The van der Waals surface area contributed by atoms with Crippen molar-refractivity contribution in [3.8, 4) is 0 Å². The molecule has 6 heteroatoms. The smallest absolute Gasteiger partial charge is 0.209 e. The normalized spacial score (nSPS) is 29.3. The van der Waals surface area contributed by atoms with E-state index in [4.69, 9.17) is 9.47 Å². The summed E-state index contributed by atoms with van der Waals surface area (Å²) in [7, 11) is 8.50. The lowest BCUT2D eigenvalue weighted by Crippen LogP contribution is -2.51. The first-order chi connectivity index (χ1) is 18.5. The van der Waals surface area contributed by atoms with Gasteiger partial charge >= 0.3 is 0 Å². The molecule has 1 aliphatic carbocycles. The molecule has 0 aromatic heterocycles. The average Bonchev–Trinajstić information content (AvgIpc) is 2.81. The highest BCUT2D eigenvalue weighted by molar-refractivity contribution is 5.33. The molecule has 0 radical (unpaired) electrons. The van der Waals surface area contributed by atoms with Crippen molar-refractivity contribution in [2.75, 3.05) is 60.9 Å². The molecule has 2 heterocycles. The molecule has 3 rings (SSSR count). The standard InChI is InChI=1S/C33H56N4O2/c1-24(2)11-10-12-25(3)17-29-18-26(4)21-33(38-29)22-28(23-34-13-15-36(6)7)30-20-31(35-14-16-37(8)9)27(5)19-32(30)39-33/h11,17,19,21-22,29-32,34-35H,10,12-16,18,20,23H2,1-9H3/b25-17+/t29-,30-,31+,32-,33+/m1/s1. The molecule has 5 atom stereocenters. The number of nitrogens with zero attached hydrogens (tertiary/aromatic N) is 2. The van der Waals surface area contributed by atoms with E-state index in [0.29, 0.717) is 12.0 Å². The third-order valence-corrected chi connectivity index (χ3v) is 7.93. The SMILES string of the molecule is CC(C)=CCC/C(C)=C/[C@@H]1CC(C)=C[C@]2(C=C(CNCCN(C)C)[C@H]3C[C@H](NCCN(C)C)C(C)=C[C@H]3O2)O1. The molecule has 6 nitrogen and oxygen atoms in total. The summed E-state index contributed by atoms with van der Waals surface area (Å²) < 4.78 is 13.7. The highest BCUT2D eigenvalue weighted by atomic mass is 16.7. The van der Waals surface area contributed by atoms with E-state index in [1.54, 1.807) is 0 Å². The first-order valence-electron chi connectivity index (χ1n) is 14.9. The fourth-order valence-corrected chi connectivity index (χ4v) is 5.83. The maximum absolute atomic E-state index is 6.89. The predicted molar refractivity (Wildman–Crippen MR) is 165 cm³/mol. The monoisotopic (exact) mass is 540 g/mol. The fraction of sp³-hybridized carbons (Fsp3) is 0.697. The van der Waals surface area contributed by atoms with E-state index in [-0.39, 0.29) is 12.2 Å². The Hall–Kier alpha value is -1.54. The summed E-state index contributed by atoms with van der Waals surface area (Å²) in [6, 6.07) is 0.373. The third-order valence-electron chi connectivity index (χ3n) is 7.93. The van der Waals surface area contributed by atoms with Gasteiger partial charge in [0.2, 0.25) is 5.79 Å². The lowest BCUT2D eigenvalue weighted by molar-refractivity contribution is -0.224. The number of rotatable bonds is 13. The van der Waals surface area contributed by atoms with Gasteiger partial charge < -0.3 is 29.9 Å². The van der Waals surface area contributed by atoms with Crippen molar-refractivity contribution in [2.45, 2.75) is 84.3 Å². The number of ether oxygens (including phenoxy) is 2. The molecule has 0 aromatic rings. The third kappa shape index (κ3) is 10.1. The highest BCUT2D eigenvalue weighted by Crippen LogP contribution is 2.43. The van der Waals surface area contributed by atoms with Gasteiger partial charge in [-0.3, -0.25) is 0 Å². The van der Waals surface area contributed by atoms with E-state index in [1.807, 2.05) is 0 Å². The van der Waals surface area contributed by atoms with E-state index >= 15 is 0 Å². The zero-order valence-electron chi connectivity index (χ0n) is 26.3. The maximum atomic E-state index is 6.89. The van der Waals surface area contributed by atoms with Crippen LogP contribution in [0.3, 0.4) is 0 Å². The summed E-state index contributed by atoms with van der Waals surface area (Å²) in [5, 5.41) is 7.50. The summed E-state index contributed by atoms with van der Waals surface area (Å²) >= 11 is 0. The minimum atomic E-state index is -0.814. The number of likely N-dealkylation sites (N-methyl/N-ethyl adjacent to an activating group) is 2. The van der Waals surface area contributed by atoms with Gasteiger partial charge in [0, 0.05) is 44.7 Å². The van der Waals surface area contributed by atoms with Crippen LogP contribution in [0, 0.1) is 5.92 Å². The topological polar surface area (TPSA) is 49.0 Å². The summed E-state index contributed by atoms with van der Waals surface area (Å²) in [4.78, 5) is 4.45. The molecule has 1 spiro atoms. The van der Waals surface area contributed by atoms with Crippen molar-refractivity contribution in [3.63, 3.8) is 0 Å². The predicted octanol–water partition coefficient (Wildman–Crippen LogP) is 5.07. The summed E-state index contributed by atoms with van der Waals surface area (Å²) in [5.41, 5.74) is 6.86. The van der Waals surface area contributed by atoms with Crippen LogP contribution in [0.25, 0.3) is 0 Å². The van der Waals surface area contributed by atoms with Crippen LogP contribution in [0.15, 0.2) is 58.2 Å². The number of nitrogens with one attached hydrogen (secondary N) is 2. The van der Waals surface area contributed by atoms with Crippen molar-refractivity contribution in [2.24, 2.45) is 5.92 Å². The van der Waals surface area contributed by atoms with Crippen LogP contribution < -0.4 is 10.6 Å². The lowest BCUT2D eigenvalue weighted by Gasteiger charge is -2.47. The Morgan fingerprint density at radius 2 is 1.74 bits per heavy atom. The van der Waals surface area contributed by atoms with Gasteiger partial charge in [-0.15, -0.1) is 0 Å². The largest absolute Gasteiger partial charge is 0.335 e. The molecule has 0 saturated heterocycles. The molecule has 2 aliphatic heterocycles. The van der Waals surface area contributed by atoms with Gasteiger partial charge in [0.1, 0.15) is 0 Å². The Balaban J connectivity index is 1.82. The molecule has 0 bridgehead atoms. The van der Waals surface area contributed by atoms with E-state index in [1.165, 1.54) is 27.9 Å². The summed E-state index contributed by atoms with van der Waals surface area (Å²) in [6.07, 6.45) is 15.6. The van der Waals surface area contributed by atoms with Gasteiger partial charge in [-0.1, -0.05) is 40.5 Å². The molecule has 0 amide bonds. The molecule has 0 unspecified atom stereocenters. The Bertz CT molecular complexity index is 957. The van der Waals surface area contributed by atoms with Crippen LogP contribution in [0.2, 0.25) is 0 Å². The molecule has 39 heavy (non-hydrogen) atoms. The Morgan fingerprint density at radius 3 is 2.44 bits per heavy atom. The second kappa shape index (κ2) is 14.9. The van der Waals surface area contributed by atoms with E-state index < -0.39 is 5.79 Å². The second-order valence-corrected chi connectivity index (χ2v) is 12.8. The average molecular weight is 541 g/mol. The maximum Gasteiger partial charge on any atom is 0.209 e. The van der Waals surface area contributed by atoms with Crippen LogP contribution in [-0.2, 0) is 9.47 Å². The number of hydrogen-bond acceptors (Lipinski definition) is 6. The molecule has 220 valence electrons. The minimum Gasteiger partial charge on any atom is -0.335 e. The Morgan fingerprint density at radius 1 is 1.03 bits per heavy atom. The van der Waals surface area contributed by atoms with Crippen LogP contribution >= 0.6 is 0 Å². The summed E-state index contributed by atoms with van der Waals surface area (Å²) in [5.74, 6) is -0.479. The first kappa shape index (κ1) is 32.0. The van der Waals surface area contributed by atoms with Crippen molar-refractivity contribution >= 4 is 0 Å². The van der Waals surface area contributed by atoms with Gasteiger partial charge in [-0.25, -0.2) is 0 Å². The molecule has 2 N–H and O–H groups in total. The van der Waals surface area contributed by atoms with E-state index in [2.05, 4.69) is 114 Å². The molecular formula is C33H56N4O2. The van der Waals surface area contributed by atoms with Gasteiger partial charge in [0.15, 0.2) is 0 Å². The van der Waals surface area contributed by atoms with Crippen LogP contribution in [-0.4, -0.2) is 94.8 Å². The highest BCUT2D eigenvalue weighted by Gasteiger charge is 2.45. The van der Waals surface area contributed by atoms with Gasteiger partial charge in [-0.2, -0.15) is 0 Å². The molecule has 0 aromatic carbocycles.